The molecule has 1 saturated carbocycles. The van der Waals surface area contributed by atoms with Gasteiger partial charge in [-0.2, -0.15) is 0 Å². The smallest absolute Gasteiger partial charge is 0.198 e. The third-order valence-electron chi connectivity index (χ3n) is 8.36. The first-order chi connectivity index (χ1) is 18.4. The molecule has 11 nitrogen and oxygen atoms in total. The SMILES string of the molecule is CC1CC(OC2C[C@](O)(C(=O)CO)Cc3c(O)c4c(c(O)c32)C(=O)c2c(CO)cccc2C4=O)CC(N)C1O. The number of nitrogens with two attached hydrogens (primary N) is 1. The molecule has 0 saturated heterocycles. The fourth-order valence-corrected chi connectivity index (χ4v) is 6.32. The van der Waals surface area contributed by atoms with Crippen LogP contribution in [0.4, 0.5) is 0 Å². The van der Waals surface area contributed by atoms with Gasteiger partial charge in [0.05, 0.1) is 36.0 Å². The Morgan fingerprint density at radius 1 is 1.08 bits per heavy atom. The first-order valence-electron chi connectivity index (χ1n) is 12.8. The van der Waals surface area contributed by atoms with Crippen LogP contribution in [0.25, 0.3) is 0 Å². The molecule has 3 aliphatic carbocycles. The average Bonchev–Trinajstić information content (AvgIpc) is 2.90. The maximum Gasteiger partial charge on any atom is 0.198 e. The lowest BCUT2D eigenvalue weighted by molar-refractivity contribution is -0.151. The van der Waals surface area contributed by atoms with Gasteiger partial charge in [0.2, 0.25) is 0 Å². The monoisotopic (exact) mass is 541 g/mol. The molecule has 11 heteroatoms. The predicted octanol–water partition coefficient (Wildman–Crippen LogP) is 0.149. The van der Waals surface area contributed by atoms with Gasteiger partial charge in [-0.05, 0) is 24.3 Å². The number of aromatic hydroxyl groups is 2. The molecule has 208 valence electrons. The van der Waals surface area contributed by atoms with Gasteiger partial charge >= 0.3 is 0 Å². The molecule has 6 atom stereocenters. The first kappa shape index (κ1) is 27.4. The molecule has 5 rings (SSSR count). The third kappa shape index (κ3) is 4.17. The van der Waals surface area contributed by atoms with Crippen molar-refractivity contribution in [3.63, 3.8) is 0 Å². The van der Waals surface area contributed by atoms with Crippen molar-refractivity contribution in [2.45, 2.75) is 69.2 Å². The first-order valence-corrected chi connectivity index (χ1v) is 12.8. The van der Waals surface area contributed by atoms with Crippen molar-refractivity contribution in [1.29, 1.82) is 0 Å². The van der Waals surface area contributed by atoms with Crippen LogP contribution in [0.1, 0.15) is 80.8 Å². The second kappa shape index (κ2) is 9.77. The number of ketones is 3. The number of aliphatic hydroxyl groups is 4. The van der Waals surface area contributed by atoms with Crippen molar-refractivity contribution in [3.05, 3.63) is 57.1 Å². The fourth-order valence-electron chi connectivity index (χ4n) is 6.32. The van der Waals surface area contributed by atoms with Gasteiger partial charge in [0.1, 0.15) is 23.7 Å². The van der Waals surface area contributed by atoms with E-state index in [1.165, 1.54) is 18.2 Å². The molecular formula is C28H31NO10. The van der Waals surface area contributed by atoms with Crippen molar-refractivity contribution in [2.24, 2.45) is 11.7 Å². The van der Waals surface area contributed by atoms with Crippen LogP contribution in [0.3, 0.4) is 0 Å². The molecule has 8 N–H and O–H groups in total. The molecule has 2 aromatic carbocycles. The maximum atomic E-state index is 13.6. The summed E-state index contributed by atoms with van der Waals surface area (Å²) in [6, 6.07) is 3.70. The van der Waals surface area contributed by atoms with E-state index in [1.54, 1.807) is 6.92 Å². The summed E-state index contributed by atoms with van der Waals surface area (Å²) in [6.45, 7) is 0.256. The molecule has 2 aromatic rings. The van der Waals surface area contributed by atoms with Crippen molar-refractivity contribution in [1.82, 2.24) is 0 Å². The molecular weight excluding hydrogens is 510 g/mol. The van der Waals surface area contributed by atoms with Crippen LogP contribution >= 0.6 is 0 Å². The maximum absolute atomic E-state index is 13.6. The molecule has 5 unspecified atom stereocenters. The molecule has 0 heterocycles. The van der Waals surface area contributed by atoms with E-state index in [0.717, 1.165) is 0 Å². The summed E-state index contributed by atoms with van der Waals surface area (Å²) < 4.78 is 6.25. The van der Waals surface area contributed by atoms with Gasteiger partial charge in [0, 0.05) is 41.1 Å². The minimum Gasteiger partial charge on any atom is -0.507 e. The van der Waals surface area contributed by atoms with Crippen molar-refractivity contribution in [3.8, 4) is 11.5 Å². The summed E-state index contributed by atoms with van der Waals surface area (Å²) >= 11 is 0. The largest absolute Gasteiger partial charge is 0.507 e. The Bertz CT molecular complexity index is 1380. The second-order valence-electron chi connectivity index (χ2n) is 10.8. The zero-order valence-electron chi connectivity index (χ0n) is 21.3. The summed E-state index contributed by atoms with van der Waals surface area (Å²) in [5.74, 6) is -4.04. The highest BCUT2D eigenvalue weighted by atomic mass is 16.5. The number of phenolic OH excluding ortho intramolecular Hbond substituents is 2. The van der Waals surface area contributed by atoms with Crippen LogP contribution in [0.2, 0.25) is 0 Å². The molecule has 1 fully saturated rings. The number of ether oxygens (including phenoxy) is 1. The van der Waals surface area contributed by atoms with Crippen LogP contribution in [-0.4, -0.2) is 78.4 Å². The van der Waals surface area contributed by atoms with E-state index in [-0.39, 0.29) is 40.2 Å². The fraction of sp³-hybridized carbons (Fsp3) is 0.464. The van der Waals surface area contributed by atoms with Crippen molar-refractivity contribution < 1.29 is 49.8 Å². The van der Waals surface area contributed by atoms with Crippen LogP contribution in [0.15, 0.2) is 18.2 Å². The zero-order chi connectivity index (χ0) is 28.4. The lowest BCUT2D eigenvalue weighted by Gasteiger charge is -2.42. The Balaban J connectivity index is 1.69. The molecule has 0 aliphatic heterocycles. The highest BCUT2D eigenvalue weighted by Crippen LogP contribution is 2.52. The van der Waals surface area contributed by atoms with Crippen LogP contribution in [0, 0.1) is 5.92 Å². The molecule has 0 aromatic heterocycles. The van der Waals surface area contributed by atoms with E-state index in [1.807, 2.05) is 0 Å². The van der Waals surface area contributed by atoms with Crippen molar-refractivity contribution in [2.75, 3.05) is 6.61 Å². The Hall–Kier alpha value is -3.19. The van der Waals surface area contributed by atoms with Gasteiger partial charge in [-0.1, -0.05) is 25.1 Å². The Morgan fingerprint density at radius 3 is 2.41 bits per heavy atom. The molecule has 3 aliphatic rings. The topological polar surface area (TPSA) is 208 Å². The Labute approximate surface area is 223 Å². The van der Waals surface area contributed by atoms with E-state index in [0.29, 0.717) is 6.42 Å². The van der Waals surface area contributed by atoms with Crippen LogP contribution < -0.4 is 5.73 Å². The minimum atomic E-state index is -2.20. The van der Waals surface area contributed by atoms with E-state index in [9.17, 15) is 45.0 Å². The standard InChI is InChI=1S/C28H31NO10/c1-11-5-13(6-16(29)23(11)33)39-17-8-28(38,18(32)10-31)7-15-20(17)27(37)22-21(25(15)35)24(34)14-4-2-3-12(9-30)19(14)26(22)36/h2-4,11,13,16-17,23,30-31,33,35,37-38H,5-10,29H2,1H3/t11?,13?,16?,17?,23?,28-/m0/s1. The van der Waals surface area contributed by atoms with E-state index in [2.05, 4.69) is 0 Å². The molecule has 0 amide bonds. The van der Waals surface area contributed by atoms with E-state index in [4.69, 9.17) is 10.5 Å². The lowest BCUT2D eigenvalue weighted by atomic mass is 9.71. The van der Waals surface area contributed by atoms with Gasteiger partial charge in [-0.15, -0.1) is 0 Å². The summed E-state index contributed by atoms with van der Waals surface area (Å²) in [5.41, 5.74) is 2.75. The second-order valence-corrected chi connectivity index (χ2v) is 10.8. The molecule has 39 heavy (non-hydrogen) atoms. The quantitative estimate of drug-likeness (QED) is 0.216. The number of Topliss-reactive ketones (excluding diaryl/α,β-unsaturated/α-hetero) is 1. The average molecular weight is 542 g/mol. The number of hydrogen-bond donors (Lipinski definition) is 7. The predicted molar refractivity (Wildman–Crippen MR) is 134 cm³/mol. The van der Waals surface area contributed by atoms with Gasteiger partial charge in [0.25, 0.3) is 0 Å². The Kier molecular flexibility index (Phi) is 6.86. The third-order valence-corrected chi connectivity index (χ3v) is 8.36. The summed E-state index contributed by atoms with van der Waals surface area (Å²) in [6.07, 6.45) is -2.92. The molecule has 0 bridgehead atoms. The normalized spacial score (nSPS) is 29.9. The van der Waals surface area contributed by atoms with Gasteiger partial charge in [-0.25, -0.2) is 0 Å². The number of carbonyl (C=O) groups excluding carboxylic acids is 3. The van der Waals surface area contributed by atoms with Crippen LogP contribution in [-0.2, 0) is 22.6 Å². The summed E-state index contributed by atoms with van der Waals surface area (Å²) in [4.78, 5) is 39.7. The van der Waals surface area contributed by atoms with Gasteiger partial charge < -0.3 is 41.1 Å². The van der Waals surface area contributed by atoms with Gasteiger partial charge in [-0.3, -0.25) is 14.4 Å². The number of benzene rings is 2. The number of rotatable bonds is 5. The minimum absolute atomic E-state index is 0.0555. The zero-order valence-corrected chi connectivity index (χ0v) is 21.3. The highest BCUT2D eigenvalue weighted by molar-refractivity contribution is 6.31. The number of phenols is 2. The van der Waals surface area contributed by atoms with Crippen molar-refractivity contribution >= 4 is 17.3 Å². The molecule has 0 radical (unpaired) electrons. The van der Waals surface area contributed by atoms with Gasteiger partial charge in [0.15, 0.2) is 17.3 Å². The lowest BCUT2D eigenvalue weighted by Crippen LogP contribution is -2.50. The van der Waals surface area contributed by atoms with E-state index >= 15 is 0 Å². The summed E-state index contributed by atoms with van der Waals surface area (Å²) in [5, 5.41) is 63.7. The van der Waals surface area contributed by atoms with Crippen LogP contribution in [0.5, 0.6) is 11.5 Å². The molecule has 0 spiro atoms. The summed E-state index contributed by atoms with van der Waals surface area (Å²) in [7, 11) is 0. The highest BCUT2D eigenvalue weighted by Gasteiger charge is 2.49. The number of hydrogen-bond acceptors (Lipinski definition) is 11. The number of carbonyl (C=O) groups is 3. The van der Waals surface area contributed by atoms with E-state index < -0.39 is 96.0 Å². The number of fused-ring (bicyclic) bond motifs is 3. The number of aliphatic hydroxyl groups excluding tert-OH is 3. The Morgan fingerprint density at radius 2 is 1.77 bits per heavy atom.